The van der Waals surface area contributed by atoms with E-state index in [1.165, 1.54) is 16.0 Å². The van der Waals surface area contributed by atoms with E-state index in [0.717, 1.165) is 4.88 Å². The first-order chi connectivity index (χ1) is 14.4. The van der Waals surface area contributed by atoms with Crippen molar-refractivity contribution in [2.24, 2.45) is 0 Å². The van der Waals surface area contributed by atoms with Crippen LogP contribution >= 0.6 is 11.3 Å². The molecule has 0 bridgehead atoms. The Morgan fingerprint density at radius 3 is 2.43 bits per heavy atom. The molecule has 0 unspecified atom stereocenters. The van der Waals surface area contributed by atoms with E-state index in [0.29, 0.717) is 28.6 Å². The van der Waals surface area contributed by atoms with Crippen LogP contribution in [-0.2, 0) is 11.3 Å². The third kappa shape index (κ3) is 4.71. The van der Waals surface area contributed by atoms with E-state index in [1.54, 1.807) is 30.3 Å². The quantitative estimate of drug-likeness (QED) is 0.513. The van der Waals surface area contributed by atoms with Gasteiger partial charge < -0.3 is 5.32 Å². The Balaban J connectivity index is 1.66. The summed E-state index contributed by atoms with van der Waals surface area (Å²) < 4.78 is 1.24. The molecule has 2 heterocycles. The number of fused-ring (bicyclic) bond motifs is 1. The predicted molar refractivity (Wildman–Crippen MR) is 113 cm³/mol. The van der Waals surface area contributed by atoms with Gasteiger partial charge in [0.05, 0.1) is 16.8 Å². The number of aromatic nitrogens is 2. The molecular weight excluding hydrogens is 406 g/mol. The van der Waals surface area contributed by atoms with Crippen LogP contribution in [0.2, 0.25) is 0 Å². The van der Waals surface area contributed by atoms with Gasteiger partial charge in [-0.1, -0.05) is 25.1 Å². The zero-order valence-electron chi connectivity index (χ0n) is 16.5. The summed E-state index contributed by atoms with van der Waals surface area (Å²) in [4.78, 5) is 50.6. The van der Waals surface area contributed by atoms with E-state index in [-0.39, 0.29) is 23.7 Å². The van der Waals surface area contributed by atoms with Gasteiger partial charge in [-0.15, -0.1) is 11.3 Å². The van der Waals surface area contributed by atoms with Crippen LogP contribution in [0, 0.1) is 6.92 Å². The molecule has 3 rings (SSSR count). The number of rotatable bonds is 6. The van der Waals surface area contributed by atoms with Crippen LogP contribution in [0.15, 0.2) is 41.2 Å². The van der Waals surface area contributed by atoms with Crippen LogP contribution in [-0.4, -0.2) is 34.0 Å². The van der Waals surface area contributed by atoms with Crippen LogP contribution in [0.3, 0.4) is 0 Å². The molecule has 0 saturated carbocycles. The van der Waals surface area contributed by atoms with Gasteiger partial charge in [0.1, 0.15) is 0 Å². The Hall–Kier alpha value is -3.53. The average Bonchev–Trinajstić information content (AvgIpc) is 3.19. The molecule has 2 aromatic heterocycles. The lowest BCUT2D eigenvalue weighted by Gasteiger charge is -2.11. The summed E-state index contributed by atoms with van der Waals surface area (Å²) in [7, 11) is 0. The Labute approximate surface area is 176 Å². The fourth-order valence-corrected chi connectivity index (χ4v) is 3.58. The molecule has 9 nitrogen and oxygen atoms in total. The minimum Gasteiger partial charge on any atom is -0.342 e. The Bertz CT molecular complexity index is 1170. The minimum absolute atomic E-state index is 0.0250. The predicted octanol–water partition coefficient (Wildman–Crippen LogP) is 1.37. The van der Waals surface area contributed by atoms with E-state index in [4.69, 9.17) is 0 Å². The lowest BCUT2D eigenvalue weighted by molar-refractivity contribution is -0.120. The number of thiophene rings is 1. The number of carbonyl (C=O) groups excluding carboxylic acids is 3. The summed E-state index contributed by atoms with van der Waals surface area (Å²) in [5.41, 5.74) is 4.28. The van der Waals surface area contributed by atoms with Gasteiger partial charge in [-0.2, -0.15) is 5.10 Å². The van der Waals surface area contributed by atoms with Crippen molar-refractivity contribution in [1.82, 2.24) is 25.9 Å². The lowest BCUT2D eigenvalue weighted by Crippen LogP contribution is -2.47. The normalized spacial score (nSPS) is 10.6. The smallest absolute Gasteiger partial charge is 0.290 e. The van der Waals surface area contributed by atoms with Gasteiger partial charge in [-0.25, -0.2) is 4.68 Å². The number of carbonyl (C=O) groups is 3. The molecule has 0 spiro atoms. The summed E-state index contributed by atoms with van der Waals surface area (Å²) in [6, 6.07) is 10.2. The van der Waals surface area contributed by atoms with Gasteiger partial charge in [0.15, 0.2) is 5.69 Å². The fourth-order valence-electron chi connectivity index (χ4n) is 2.80. The summed E-state index contributed by atoms with van der Waals surface area (Å²) in [5.74, 6) is -1.63. The van der Waals surface area contributed by atoms with Crippen LogP contribution in [0.1, 0.15) is 38.4 Å². The van der Waals surface area contributed by atoms with Crippen molar-refractivity contribution >= 4 is 39.8 Å². The van der Waals surface area contributed by atoms with Gasteiger partial charge in [0.2, 0.25) is 0 Å². The third-order valence-corrected chi connectivity index (χ3v) is 5.21. The maximum absolute atomic E-state index is 12.6. The van der Waals surface area contributed by atoms with Crippen molar-refractivity contribution in [2.45, 2.75) is 26.8 Å². The number of nitrogens with one attached hydrogen (secondary N) is 3. The molecule has 0 saturated heterocycles. The third-order valence-electron chi connectivity index (χ3n) is 4.21. The average molecular weight is 427 g/mol. The highest BCUT2D eigenvalue weighted by Gasteiger charge is 2.17. The fraction of sp³-hybridized carbons (Fsp3) is 0.250. The van der Waals surface area contributed by atoms with E-state index in [9.17, 15) is 19.2 Å². The molecule has 3 aromatic rings. The molecule has 30 heavy (non-hydrogen) atoms. The molecule has 1 aromatic carbocycles. The molecular formula is C20H21N5O4S. The second kappa shape index (κ2) is 9.31. The number of nitrogens with zero attached hydrogens (tertiary/aromatic N) is 2. The van der Waals surface area contributed by atoms with Crippen LogP contribution in [0.5, 0.6) is 0 Å². The lowest BCUT2D eigenvalue weighted by atomic mass is 10.1. The molecule has 156 valence electrons. The molecule has 10 heteroatoms. The van der Waals surface area contributed by atoms with Crippen molar-refractivity contribution in [3.63, 3.8) is 0 Å². The number of benzene rings is 1. The molecule has 0 aliphatic heterocycles. The van der Waals surface area contributed by atoms with E-state index in [2.05, 4.69) is 21.3 Å². The summed E-state index contributed by atoms with van der Waals surface area (Å²) >= 11 is 1.32. The zero-order chi connectivity index (χ0) is 21.7. The maximum Gasteiger partial charge on any atom is 0.290 e. The molecule has 0 aliphatic rings. The van der Waals surface area contributed by atoms with Crippen LogP contribution in [0.4, 0.5) is 0 Å². The van der Waals surface area contributed by atoms with Crippen molar-refractivity contribution in [3.05, 3.63) is 62.2 Å². The highest BCUT2D eigenvalue weighted by atomic mass is 32.1. The van der Waals surface area contributed by atoms with Crippen molar-refractivity contribution < 1.29 is 14.4 Å². The molecule has 3 amide bonds. The standard InChI is InChI=1S/C20H21N5O4S/c1-3-10-25-20(29)14-7-5-4-6-13(14)17(24-25)19(28)23-22-16(26)11-21-18(27)15-9-8-12(2)30-15/h4-9H,3,10-11H2,1-2H3,(H,21,27)(H,22,26)(H,23,28). The molecule has 3 N–H and O–H groups in total. The van der Waals surface area contributed by atoms with Crippen LogP contribution in [0.25, 0.3) is 10.8 Å². The van der Waals surface area contributed by atoms with E-state index < -0.39 is 11.8 Å². The highest BCUT2D eigenvalue weighted by molar-refractivity contribution is 7.13. The van der Waals surface area contributed by atoms with E-state index in [1.807, 2.05) is 19.9 Å². The highest BCUT2D eigenvalue weighted by Crippen LogP contribution is 2.14. The maximum atomic E-state index is 12.6. The first-order valence-electron chi connectivity index (χ1n) is 9.34. The second-order valence-electron chi connectivity index (χ2n) is 6.52. The first kappa shape index (κ1) is 21.2. The molecule has 0 atom stereocenters. The van der Waals surface area contributed by atoms with Crippen molar-refractivity contribution in [1.29, 1.82) is 0 Å². The number of amides is 3. The largest absolute Gasteiger partial charge is 0.342 e. The number of hydrogen-bond donors (Lipinski definition) is 3. The van der Waals surface area contributed by atoms with Crippen molar-refractivity contribution in [3.8, 4) is 0 Å². The van der Waals surface area contributed by atoms with Gasteiger partial charge in [0, 0.05) is 16.8 Å². The second-order valence-corrected chi connectivity index (χ2v) is 7.81. The number of hydrazine groups is 1. The molecule has 0 aliphatic carbocycles. The number of aryl methyl sites for hydroxylation is 2. The Morgan fingerprint density at radius 2 is 1.77 bits per heavy atom. The van der Waals surface area contributed by atoms with Crippen LogP contribution < -0.4 is 21.7 Å². The summed E-state index contributed by atoms with van der Waals surface area (Å²) in [5, 5.41) is 7.41. The summed E-state index contributed by atoms with van der Waals surface area (Å²) in [6.07, 6.45) is 0.673. The van der Waals surface area contributed by atoms with Gasteiger partial charge in [0.25, 0.3) is 23.3 Å². The topological polar surface area (TPSA) is 122 Å². The molecule has 0 fully saturated rings. The molecule has 0 radical (unpaired) electrons. The SMILES string of the molecule is CCCn1nc(C(=O)NNC(=O)CNC(=O)c2ccc(C)s2)c2ccccc2c1=O. The monoisotopic (exact) mass is 427 g/mol. The minimum atomic E-state index is -0.662. The number of hydrogen-bond acceptors (Lipinski definition) is 6. The van der Waals surface area contributed by atoms with Crippen molar-refractivity contribution in [2.75, 3.05) is 6.54 Å². The van der Waals surface area contributed by atoms with Gasteiger partial charge in [-0.05, 0) is 31.5 Å². The van der Waals surface area contributed by atoms with Gasteiger partial charge >= 0.3 is 0 Å². The summed E-state index contributed by atoms with van der Waals surface area (Å²) in [6.45, 7) is 3.84. The Morgan fingerprint density at radius 1 is 1.03 bits per heavy atom. The first-order valence-corrected chi connectivity index (χ1v) is 10.2. The van der Waals surface area contributed by atoms with E-state index >= 15 is 0 Å². The Kier molecular flexibility index (Phi) is 6.58. The zero-order valence-corrected chi connectivity index (χ0v) is 17.3. The van der Waals surface area contributed by atoms with Gasteiger partial charge in [-0.3, -0.25) is 30.0 Å².